The molecule has 0 aliphatic carbocycles. The molecule has 5 heteroatoms. The van der Waals surface area contributed by atoms with Gasteiger partial charge in [-0.15, -0.1) is 0 Å². The van der Waals surface area contributed by atoms with Gasteiger partial charge in [0.05, 0.1) is 11.2 Å². The second-order valence-electron chi connectivity index (χ2n) is 6.78. The molecule has 0 spiro atoms. The fourth-order valence-electron chi connectivity index (χ4n) is 2.81. The van der Waals surface area contributed by atoms with E-state index in [1.54, 1.807) is 18.5 Å². The SMILES string of the molecule is CC(C)CCN=C/C(=C\N)c1cccnc1-c1ccc2ccc(Cl)nc2c1. The largest absolute Gasteiger partial charge is 0.404 e. The first-order valence-corrected chi connectivity index (χ1v) is 9.40. The van der Waals surface area contributed by atoms with Gasteiger partial charge in [0.2, 0.25) is 0 Å². The molecule has 0 saturated heterocycles. The van der Waals surface area contributed by atoms with E-state index in [0.717, 1.165) is 46.3 Å². The van der Waals surface area contributed by atoms with Gasteiger partial charge < -0.3 is 5.73 Å². The average molecular weight is 379 g/mol. The van der Waals surface area contributed by atoms with E-state index in [-0.39, 0.29) is 0 Å². The van der Waals surface area contributed by atoms with Gasteiger partial charge >= 0.3 is 0 Å². The number of allylic oxidation sites excluding steroid dienone is 1. The normalized spacial score (nSPS) is 12.4. The van der Waals surface area contributed by atoms with Crippen LogP contribution in [-0.4, -0.2) is 22.7 Å². The van der Waals surface area contributed by atoms with Gasteiger partial charge in [0.15, 0.2) is 0 Å². The number of pyridine rings is 2. The highest BCUT2D eigenvalue weighted by Gasteiger charge is 2.10. The molecule has 0 fully saturated rings. The van der Waals surface area contributed by atoms with E-state index >= 15 is 0 Å². The lowest BCUT2D eigenvalue weighted by Crippen LogP contribution is -1.98. The third-order valence-corrected chi connectivity index (χ3v) is 4.51. The van der Waals surface area contributed by atoms with Gasteiger partial charge in [-0.2, -0.15) is 0 Å². The van der Waals surface area contributed by atoms with E-state index in [0.29, 0.717) is 11.1 Å². The molecule has 0 atom stereocenters. The Hall–Kier alpha value is -2.72. The van der Waals surface area contributed by atoms with Gasteiger partial charge in [0.1, 0.15) is 5.15 Å². The first kappa shape index (κ1) is 19.1. The van der Waals surface area contributed by atoms with Crippen LogP contribution in [0, 0.1) is 5.92 Å². The summed E-state index contributed by atoms with van der Waals surface area (Å²) in [6.07, 6.45) is 6.23. The third kappa shape index (κ3) is 4.72. The summed E-state index contributed by atoms with van der Waals surface area (Å²) in [7, 11) is 0. The third-order valence-electron chi connectivity index (χ3n) is 4.30. The number of hydrogen-bond acceptors (Lipinski definition) is 4. The number of aromatic nitrogens is 2. The second kappa shape index (κ2) is 8.78. The predicted molar refractivity (Wildman–Crippen MR) is 115 cm³/mol. The monoisotopic (exact) mass is 378 g/mol. The number of benzene rings is 1. The summed E-state index contributed by atoms with van der Waals surface area (Å²) < 4.78 is 0. The Morgan fingerprint density at radius 3 is 2.81 bits per heavy atom. The van der Waals surface area contributed by atoms with Crippen molar-refractivity contribution in [2.24, 2.45) is 16.6 Å². The first-order valence-electron chi connectivity index (χ1n) is 9.02. The lowest BCUT2D eigenvalue weighted by molar-refractivity contribution is 0.598. The van der Waals surface area contributed by atoms with Crippen molar-refractivity contribution >= 4 is 34.3 Å². The van der Waals surface area contributed by atoms with E-state index in [1.807, 2.05) is 42.6 Å². The number of halogens is 1. The van der Waals surface area contributed by atoms with Gasteiger partial charge in [-0.05, 0) is 36.6 Å². The Labute approximate surface area is 164 Å². The minimum absolute atomic E-state index is 0.473. The van der Waals surface area contributed by atoms with Crippen LogP contribution in [0.15, 0.2) is 59.9 Å². The molecule has 2 aromatic heterocycles. The van der Waals surface area contributed by atoms with Crippen LogP contribution in [0.1, 0.15) is 25.8 Å². The van der Waals surface area contributed by atoms with Crippen molar-refractivity contribution in [2.75, 3.05) is 6.54 Å². The molecule has 0 radical (unpaired) electrons. The van der Waals surface area contributed by atoms with Crippen LogP contribution >= 0.6 is 11.6 Å². The Morgan fingerprint density at radius 1 is 1.22 bits per heavy atom. The number of hydrogen-bond donors (Lipinski definition) is 1. The van der Waals surface area contributed by atoms with E-state index in [2.05, 4.69) is 28.8 Å². The van der Waals surface area contributed by atoms with Crippen molar-refractivity contribution in [1.29, 1.82) is 0 Å². The van der Waals surface area contributed by atoms with Crippen molar-refractivity contribution in [1.82, 2.24) is 9.97 Å². The highest BCUT2D eigenvalue weighted by Crippen LogP contribution is 2.28. The van der Waals surface area contributed by atoms with Crippen molar-refractivity contribution < 1.29 is 0 Å². The molecule has 138 valence electrons. The fraction of sp³-hybridized carbons (Fsp3) is 0.227. The zero-order valence-corrected chi connectivity index (χ0v) is 16.3. The summed E-state index contributed by atoms with van der Waals surface area (Å²) in [4.78, 5) is 13.5. The summed E-state index contributed by atoms with van der Waals surface area (Å²) in [5.41, 5.74) is 10.3. The highest BCUT2D eigenvalue weighted by molar-refractivity contribution is 6.29. The van der Waals surface area contributed by atoms with Crippen molar-refractivity contribution in [3.63, 3.8) is 0 Å². The highest BCUT2D eigenvalue weighted by atomic mass is 35.5. The van der Waals surface area contributed by atoms with Crippen LogP contribution in [0.2, 0.25) is 5.15 Å². The van der Waals surface area contributed by atoms with Gasteiger partial charge in [-0.25, -0.2) is 4.98 Å². The van der Waals surface area contributed by atoms with E-state index < -0.39 is 0 Å². The molecule has 1 aromatic carbocycles. The fourth-order valence-corrected chi connectivity index (χ4v) is 2.96. The molecular weight excluding hydrogens is 356 g/mol. The zero-order chi connectivity index (χ0) is 19.2. The van der Waals surface area contributed by atoms with Crippen LogP contribution in [0.25, 0.3) is 27.7 Å². The van der Waals surface area contributed by atoms with Crippen LogP contribution in [0.3, 0.4) is 0 Å². The molecule has 0 saturated carbocycles. The lowest BCUT2D eigenvalue weighted by Gasteiger charge is -2.10. The van der Waals surface area contributed by atoms with Crippen molar-refractivity contribution in [2.45, 2.75) is 20.3 Å². The molecule has 2 N–H and O–H groups in total. The Bertz CT molecular complexity index is 993. The standard InChI is InChI=1S/C22H23ClN4/c1-15(2)9-11-25-14-18(13-24)19-4-3-10-26-22(19)17-6-5-16-7-8-21(23)27-20(16)12-17/h3-8,10,12-15H,9,11,24H2,1-2H3/b18-13+,25-14?. The number of fused-ring (bicyclic) bond motifs is 1. The number of nitrogens with two attached hydrogens (primary N) is 1. The minimum atomic E-state index is 0.473. The average Bonchev–Trinajstić information content (AvgIpc) is 2.67. The van der Waals surface area contributed by atoms with Crippen molar-refractivity contribution in [3.05, 3.63) is 65.6 Å². The van der Waals surface area contributed by atoms with Crippen molar-refractivity contribution in [3.8, 4) is 11.3 Å². The molecule has 4 nitrogen and oxygen atoms in total. The van der Waals surface area contributed by atoms with E-state index in [4.69, 9.17) is 17.3 Å². The molecule has 0 aliphatic heterocycles. The second-order valence-corrected chi connectivity index (χ2v) is 7.17. The molecule has 0 unspecified atom stereocenters. The molecule has 2 heterocycles. The van der Waals surface area contributed by atoms with Gasteiger partial charge in [-0.1, -0.05) is 43.6 Å². The lowest BCUT2D eigenvalue weighted by atomic mass is 9.99. The molecule has 0 bridgehead atoms. The Balaban J connectivity index is 1.98. The van der Waals surface area contributed by atoms with Crippen LogP contribution in [0.4, 0.5) is 0 Å². The smallest absolute Gasteiger partial charge is 0.129 e. The van der Waals surface area contributed by atoms with Gasteiger partial charge in [0.25, 0.3) is 0 Å². The van der Waals surface area contributed by atoms with Crippen LogP contribution in [0.5, 0.6) is 0 Å². The number of aliphatic imine (C=N–C) groups is 1. The zero-order valence-electron chi connectivity index (χ0n) is 15.6. The minimum Gasteiger partial charge on any atom is -0.404 e. The molecule has 0 amide bonds. The summed E-state index contributed by atoms with van der Waals surface area (Å²) in [5, 5.41) is 1.51. The number of nitrogens with zero attached hydrogens (tertiary/aromatic N) is 3. The maximum atomic E-state index is 6.04. The van der Waals surface area contributed by atoms with Gasteiger partial charge in [0, 0.05) is 47.2 Å². The van der Waals surface area contributed by atoms with Gasteiger partial charge in [-0.3, -0.25) is 9.98 Å². The molecule has 3 aromatic rings. The topological polar surface area (TPSA) is 64.2 Å². The summed E-state index contributed by atoms with van der Waals surface area (Å²) >= 11 is 6.04. The summed E-state index contributed by atoms with van der Waals surface area (Å²) in [6.45, 7) is 5.16. The van der Waals surface area contributed by atoms with Crippen LogP contribution in [-0.2, 0) is 0 Å². The molecule has 0 aliphatic rings. The van der Waals surface area contributed by atoms with Crippen LogP contribution < -0.4 is 5.73 Å². The molecule has 3 rings (SSSR count). The Morgan fingerprint density at radius 2 is 2.04 bits per heavy atom. The maximum Gasteiger partial charge on any atom is 0.129 e. The summed E-state index contributed by atoms with van der Waals surface area (Å²) in [5.74, 6) is 0.623. The van der Waals surface area contributed by atoms with E-state index in [1.165, 1.54) is 0 Å². The Kier molecular flexibility index (Phi) is 6.20. The quantitative estimate of drug-likeness (QED) is 0.463. The maximum absolute atomic E-state index is 6.04. The van der Waals surface area contributed by atoms with E-state index in [9.17, 15) is 0 Å². The predicted octanol–water partition coefficient (Wildman–Crippen LogP) is 5.37. The molecular formula is C22H23ClN4. The first-order chi connectivity index (χ1) is 13.1. The number of rotatable bonds is 6. The molecule has 27 heavy (non-hydrogen) atoms. The summed E-state index contributed by atoms with van der Waals surface area (Å²) in [6, 6.07) is 13.7.